The average molecular weight is 276 g/mol. The quantitative estimate of drug-likeness (QED) is 0.892. The number of nitrogens with one attached hydrogen (secondary N) is 1. The van der Waals surface area contributed by atoms with Crippen LogP contribution in [0.4, 0.5) is 4.79 Å². The largest absolute Gasteiger partial charge is 0.508 e. The first kappa shape index (κ1) is 14.7. The molecule has 0 aliphatic carbocycles. The number of likely N-dealkylation sites (tertiary alicyclic amines) is 1. The maximum Gasteiger partial charge on any atom is 0.317 e. The van der Waals surface area contributed by atoms with Gasteiger partial charge in [-0.3, -0.25) is 0 Å². The lowest BCUT2D eigenvalue weighted by atomic mass is 10.1. The summed E-state index contributed by atoms with van der Waals surface area (Å²) >= 11 is 0. The number of rotatable bonds is 3. The summed E-state index contributed by atoms with van der Waals surface area (Å²) in [4.78, 5) is 14.1. The number of benzene rings is 1. The van der Waals surface area contributed by atoms with Crippen LogP contribution >= 0.6 is 0 Å². The second-order valence-corrected chi connectivity index (χ2v) is 5.62. The summed E-state index contributed by atoms with van der Waals surface area (Å²) in [5.74, 6) is 0.273. The van der Waals surface area contributed by atoms with Crippen LogP contribution in [0, 0.1) is 0 Å². The van der Waals surface area contributed by atoms with Crippen molar-refractivity contribution >= 4 is 6.03 Å². The minimum atomic E-state index is 0.0539. The first-order chi connectivity index (χ1) is 9.65. The van der Waals surface area contributed by atoms with E-state index in [0.717, 1.165) is 37.9 Å². The van der Waals surface area contributed by atoms with E-state index in [4.69, 9.17) is 0 Å². The van der Waals surface area contributed by atoms with Gasteiger partial charge in [0.25, 0.3) is 0 Å². The van der Waals surface area contributed by atoms with E-state index >= 15 is 0 Å². The van der Waals surface area contributed by atoms with E-state index in [0.29, 0.717) is 0 Å². The van der Waals surface area contributed by atoms with Crippen LogP contribution in [0.2, 0.25) is 0 Å². The smallest absolute Gasteiger partial charge is 0.317 e. The SMILES string of the molecule is C[C@@H](Cc1ccc(O)cc1)NC(=O)N1CCCCCC1. The Balaban J connectivity index is 1.82. The Morgan fingerprint density at radius 1 is 1.20 bits per heavy atom. The molecule has 0 saturated carbocycles. The van der Waals surface area contributed by atoms with Crippen molar-refractivity contribution in [3.63, 3.8) is 0 Å². The van der Waals surface area contributed by atoms with Gasteiger partial charge in [0.2, 0.25) is 0 Å². The molecular weight excluding hydrogens is 252 g/mol. The maximum absolute atomic E-state index is 12.2. The fraction of sp³-hybridized carbons (Fsp3) is 0.562. The zero-order chi connectivity index (χ0) is 14.4. The molecule has 0 unspecified atom stereocenters. The van der Waals surface area contributed by atoms with Crippen molar-refractivity contribution in [1.29, 1.82) is 0 Å². The Labute approximate surface area is 120 Å². The fourth-order valence-electron chi connectivity index (χ4n) is 2.61. The molecule has 1 heterocycles. The third-order valence-electron chi connectivity index (χ3n) is 3.74. The Morgan fingerprint density at radius 3 is 2.40 bits per heavy atom. The number of carbonyl (C=O) groups is 1. The summed E-state index contributed by atoms with van der Waals surface area (Å²) in [6.07, 6.45) is 5.46. The third-order valence-corrected chi connectivity index (χ3v) is 3.74. The highest BCUT2D eigenvalue weighted by atomic mass is 16.3. The third kappa shape index (κ3) is 4.44. The first-order valence-corrected chi connectivity index (χ1v) is 7.48. The molecule has 1 aromatic rings. The predicted octanol–water partition coefficient (Wildman–Crippen LogP) is 2.91. The topological polar surface area (TPSA) is 52.6 Å². The molecule has 4 nitrogen and oxygen atoms in total. The molecule has 0 radical (unpaired) electrons. The molecule has 4 heteroatoms. The van der Waals surface area contributed by atoms with E-state index in [-0.39, 0.29) is 17.8 Å². The molecule has 1 atom stereocenters. The summed E-state index contributed by atoms with van der Waals surface area (Å²) in [5, 5.41) is 12.3. The van der Waals surface area contributed by atoms with Gasteiger partial charge < -0.3 is 15.3 Å². The zero-order valence-electron chi connectivity index (χ0n) is 12.1. The number of hydrogen-bond acceptors (Lipinski definition) is 2. The molecule has 1 saturated heterocycles. The van der Waals surface area contributed by atoms with Crippen LogP contribution in [-0.4, -0.2) is 35.2 Å². The highest BCUT2D eigenvalue weighted by Gasteiger charge is 2.17. The zero-order valence-corrected chi connectivity index (χ0v) is 12.1. The van der Waals surface area contributed by atoms with E-state index in [9.17, 15) is 9.90 Å². The van der Waals surface area contributed by atoms with Crippen LogP contribution in [0.3, 0.4) is 0 Å². The van der Waals surface area contributed by atoms with Crippen molar-refractivity contribution in [3.8, 4) is 5.75 Å². The summed E-state index contributed by atoms with van der Waals surface area (Å²) in [6, 6.07) is 7.29. The number of amides is 2. The van der Waals surface area contributed by atoms with Gasteiger partial charge in [0, 0.05) is 19.1 Å². The van der Waals surface area contributed by atoms with E-state index in [2.05, 4.69) is 5.32 Å². The van der Waals surface area contributed by atoms with Gasteiger partial charge in [0.1, 0.15) is 5.75 Å². The number of nitrogens with zero attached hydrogens (tertiary/aromatic N) is 1. The number of aromatic hydroxyl groups is 1. The first-order valence-electron chi connectivity index (χ1n) is 7.48. The van der Waals surface area contributed by atoms with Gasteiger partial charge >= 0.3 is 6.03 Å². The highest BCUT2D eigenvalue weighted by molar-refractivity contribution is 5.74. The van der Waals surface area contributed by atoms with Gasteiger partial charge in [-0.2, -0.15) is 0 Å². The van der Waals surface area contributed by atoms with Crippen molar-refractivity contribution in [2.24, 2.45) is 0 Å². The standard InChI is InChI=1S/C16H24N2O2/c1-13(12-14-6-8-15(19)9-7-14)17-16(20)18-10-4-2-3-5-11-18/h6-9,13,19H,2-5,10-12H2,1H3,(H,17,20)/t13-/m0/s1. The number of urea groups is 1. The molecule has 1 aliphatic rings. The Hall–Kier alpha value is -1.71. The number of carbonyl (C=O) groups excluding carboxylic acids is 1. The van der Waals surface area contributed by atoms with Gasteiger partial charge in [0.05, 0.1) is 0 Å². The minimum absolute atomic E-state index is 0.0539. The maximum atomic E-state index is 12.2. The molecule has 2 N–H and O–H groups in total. The van der Waals surface area contributed by atoms with Gasteiger partial charge in [-0.25, -0.2) is 4.79 Å². The monoisotopic (exact) mass is 276 g/mol. The van der Waals surface area contributed by atoms with Gasteiger partial charge in [-0.1, -0.05) is 25.0 Å². The molecule has 110 valence electrons. The van der Waals surface area contributed by atoms with Gasteiger partial charge in [-0.15, -0.1) is 0 Å². The summed E-state index contributed by atoms with van der Waals surface area (Å²) < 4.78 is 0. The van der Waals surface area contributed by atoms with Crippen LogP contribution in [0.15, 0.2) is 24.3 Å². The van der Waals surface area contributed by atoms with E-state index in [1.165, 1.54) is 12.8 Å². The van der Waals surface area contributed by atoms with Crippen LogP contribution in [0.1, 0.15) is 38.2 Å². The minimum Gasteiger partial charge on any atom is -0.508 e. The Bertz CT molecular complexity index is 423. The predicted molar refractivity (Wildman–Crippen MR) is 79.8 cm³/mol. The van der Waals surface area contributed by atoms with E-state index < -0.39 is 0 Å². The molecule has 2 amide bonds. The van der Waals surface area contributed by atoms with E-state index in [1.54, 1.807) is 12.1 Å². The second-order valence-electron chi connectivity index (χ2n) is 5.62. The van der Waals surface area contributed by atoms with Crippen molar-refractivity contribution in [2.45, 2.75) is 45.1 Å². The molecule has 1 aliphatic heterocycles. The number of phenols is 1. The van der Waals surface area contributed by atoms with Crippen molar-refractivity contribution in [1.82, 2.24) is 10.2 Å². The van der Waals surface area contributed by atoms with Gasteiger partial charge in [0.15, 0.2) is 0 Å². The van der Waals surface area contributed by atoms with E-state index in [1.807, 2.05) is 24.0 Å². The van der Waals surface area contributed by atoms with Crippen LogP contribution in [-0.2, 0) is 6.42 Å². The normalized spacial score (nSPS) is 17.4. The van der Waals surface area contributed by atoms with Crippen molar-refractivity contribution in [2.75, 3.05) is 13.1 Å². The van der Waals surface area contributed by atoms with Gasteiger partial charge in [-0.05, 0) is 43.9 Å². The molecule has 0 bridgehead atoms. The summed E-state index contributed by atoms with van der Waals surface area (Å²) in [6.45, 7) is 3.76. The Morgan fingerprint density at radius 2 is 1.80 bits per heavy atom. The molecule has 1 fully saturated rings. The summed E-state index contributed by atoms with van der Waals surface area (Å²) in [7, 11) is 0. The van der Waals surface area contributed by atoms with Crippen LogP contribution in [0.25, 0.3) is 0 Å². The molecule has 1 aromatic carbocycles. The highest BCUT2D eigenvalue weighted by Crippen LogP contribution is 2.12. The lowest BCUT2D eigenvalue weighted by Gasteiger charge is -2.23. The molecule has 20 heavy (non-hydrogen) atoms. The second kappa shape index (κ2) is 7.17. The molecule has 0 spiro atoms. The number of phenolic OH excluding ortho intramolecular Hbond substituents is 1. The fourth-order valence-corrected chi connectivity index (χ4v) is 2.61. The van der Waals surface area contributed by atoms with Crippen molar-refractivity contribution in [3.05, 3.63) is 29.8 Å². The van der Waals surface area contributed by atoms with Crippen LogP contribution in [0.5, 0.6) is 5.75 Å². The molecule has 2 rings (SSSR count). The molecular formula is C16H24N2O2. The van der Waals surface area contributed by atoms with Crippen molar-refractivity contribution < 1.29 is 9.90 Å². The van der Waals surface area contributed by atoms with Crippen LogP contribution < -0.4 is 5.32 Å². The Kier molecular flexibility index (Phi) is 5.27. The average Bonchev–Trinajstić information content (AvgIpc) is 2.70. The number of hydrogen-bond donors (Lipinski definition) is 2. The lowest BCUT2D eigenvalue weighted by Crippen LogP contribution is -2.44. The lowest BCUT2D eigenvalue weighted by molar-refractivity contribution is 0.196. The summed E-state index contributed by atoms with van der Waals surface area (Å²) in [5.41, 5.74) is 1.12. The molecule has 0 aromatic heterocycles.